The Kier molecular flexibility index (Phi) is 18.1. The van der Waals surface area contributed by atoms with Gasteiger partial charge in [0.2, 0.25) is 0 Å². The summed E-state index contributed by atoms with van der Waals surface area (Å²) < 4.78 is 30.8. The average molecular weight is 366 g/mol. The third kappa shape index (κ3) is 20.7. The van der Waals surface area contributed by atoms with Crippen LogP contribution in [0.4, 0.5) is 0 Å². The molecule has 148 valence electrons. The number of carboxylic acids is 1. The van der Waals surface area contributed by atoms with E-state index in [4.69, 9.17) is 33.5 Å². The number of carbonyl (C=O) groups excluding carboxylic acids is 1. The van der Waals surface area contributed by atoms with Gasteiger partial charge in [0.1, 0.15) is 13.2 Å². The second-order valence-corrected chi connectivity index (χ2v) is 4.87. The molecule has 0 aromatic heterocycles. The fourth-order valence-corrected chi connectivity index (χ4v) is 1.53. The number of carbonyl (C=O) groups is 2. The first-order chi connectivity index (χ1) is 12.2. The van der Waals surface area contributed by atoms with Crippen LogP contribution in [0.25, 0.3) is 0 Å². The molecule has 0 spiro atoms. The van der Waals surface area contributed by atoms with Gasteiger partial charge < -0.3 is 33.5 Å². The maximum absolute atomic E-state index is 11.1. The minimum Gasteiger partial charge on any atom is -0.480 e. The van der Waals surface area contributed by atoms with Crippen LogP contribution in [0.1, 0.15) is 19.8 Å². The van der Waals surface area contributed by atoms with Gasteiger partial charge >= 0.3 is 11.9 Å². The molecular formula is C16H30O9. The van der Waals surface area contributed by atoms with Crippen molar-refractivity contribution in [2.45, 2.75) is 19.8 Å². The lowest BCUT2D eigenvalue weighted by atomic mass is 10.3. The highest BCUT2D eigenvalue weighted by Gasteiger charge is 1.99. The smallest absolute Gasteiger partial charge is 0.329 e. The summed E-state index contributed by atoms with van der Waals surface area (Å²) in [6.45, 7) is 5.45. The molecule has 0 atom stereocenters. The van der Waals surface area contributed by atoms with Crippen molar-refractivity contribution in [3.8, 4) is 0 Å². The maximum Gasteiger partial charge on any atom is 0.329 e. The SMILES string of the molecule is CCCC(=O)OCCOCCOCCOCCOCCOCC(=O)O. The third-order valence-corrected chi connectivity index (χ3v) is 2.66. The van der Waals surface area contributed by atoms with Crippen molar-refractivity contribution in [3.63, 3.8) is 0 Å². The van der Waals surface area contributed by atoms with Gasteiger partial charge in [-0.05, 0) is 6.42 Å². The summed E-state index contributed by atoms with van der Waals surface area (Å²) in [5.41, 5.74) is 0. The summed E-state index contributed by atoms with van der Waals surface area (Å²) in [5.74, 6) is -1.19. The monoisotopic (exact) mass is 366 g/mol. The number of esters is 1. The van der Waals surface area contributed by atoms with E-state index < -0.39 is 5.97 Å². The molecular weight excluding hydrogens is 336 g/mol. The lowest BCUT2D eigenvalue weighted by molar-refractivity contribution is -0.145. The normalized spacial score (nSPS) is 10.8. The molecule has 0 aromatic rings. The number of carboxylic acid groups (broad SMARTS) is 1. The lowest BCUT2D eigenvalue weighted by Crippen LogP contribution is -2.15. The zero-order valence-corrected chi connectivity index (χ0v) is 14.9. The van der Waals surface area contributed by atoms with E-state index in [2.05, 4.69) is 0 Å². The van der Waals surface area contributed by atoms with Crippen molar-refractivity contribution in [2.75, 3.05) is 72.7 Å². The zero-order valence-electron chi connectivity index (χ0n) is 14.9. The fraction of sp³-hybridized carbons (Fsp3) is 0.875. The molecule has 1 N–H and O–H groups in total. The van der Waals surface area contributed by atoms with Crippen LogP contribution >= 0.6 is 0 Å². The Morgan fingerprint density at radius 2 is 1.08 bits per heavy atom. The van der Waals surface area contributed by atoms with Gasteiger partial charge in [0.05, 0.1) is 59.5 Å². The van der Waals surface area contributed by atoms with Crippen LogP contribution in [0, 0.1) is 0 Å². The zero-order chi connectivity index (χ0) is 18.6. The summed E-state index contributed by atoms with van der Waals surface area (Å²) >= 11 is 0. The summed E-state index contributed by atoms with van der Waals surface area (Å²) in [7, 11) is 0. The van der Waals surface area contributed by atoms with Gasteiger partial charge in [-0.1, -0.05) is 6.92 Å². The van der Waals surface area contributed by atoms with Gasteiger partial charge in [-0.3, -0.25) is 4.79 Å². The lowest BCUT2D eigenvalue weighted by Gasteiger charge is -2.08. The Labute approximate surface area is 148 Å². The van der Waals surface area contributed by atoms with E-state index in [1.807, 2.05) is 6.92 Å². The van der Waals surface area contributed by atoms with Crippen LogP contribution in [0.3, 0.4) is 0 Å². The number of rotatable bonds is 19. The fourth-order valence-electron chi connectivity index (χ4n) is 1.53. The molecule has 25 heavy (non-hydrogen) atoms. The summed E-state index contributed by atoms with van der Waals surface area (Å²) in [4.78, 5) is 21.2. The second kappa shape index (κ2) is 19.1. The third-order valence-electron chi connectivity index (χ3n) is 2.66. The number of aliphatic carboxylic acids is 1. The second-order valence-electron chi connectivity index (χ2n) is 4.87. The predicted molar refractivity (Wildman–Crippen MR) is 87.6 cm³/mol. The average Bonchev–Trinajstić information content (AvgIpc) is 2.57. The van der Waals surface area contributed by atoms with Crippen molar-refractivity contribution >= 4 is 11.9 Å². The van der Waals surface area contributed by atoms with Crippen molar-refractivity contribution < 1.29 is 43.1 Å². The van der Waals surface area contributed by atoms with Crippen LogP contribution in [0.5, 0.6) is 0 Å². The van der Waals surface area contributed by atoms with Gasteiger partial charge in [-0.25, -0.2) is 4.79 Å². The Bertz CT molecular complexity index is 323. The summed E-state index contributed by atoms with van der Waals surface area (Å²) in [6, 6.07) is 0. The van der Waals surface area contributed by atoms with E-state index in [1.54, 1.807) is 0 Å². The molecule has 9 heteroatoms. The topological polar surface area (TPSA) is 110 Å². The largest absolute Gasteiger partial charge is 0.480 e. The molecule has 9 nitrogen and oxygen atoms in total. The summed E-state index contributed by atoms with van der Waals surface area (Å²) in [6.07, 6.45) is 1.22. The van der Waals surface area contributed by atoms with E-state index >= 15 is 0 Å². The highest BCUT2D eigenvalue weighted by atomic mass is 16.6. The van der Waals surface area contributed by atoms with Gasteiger partial charge in [-0.15, -0.1) is 0 Å². The van der Waals surface area contributed by atoms with E-state index in [0.29, 0.717) is 59.3 Å². The Balaban J connectivity index is 3.05. The van der Waals surface area contributed by atoms with Gasteiger partial charge in [0.15, 0.2) is 0 Å². The first kappa shape index (κ1) is 23.7. The minimum atomic E-state index is -0.996. The van der Waals surface area contributed by atoms with E-state index in [-0.39, 0.29) is 25.8 Å². The number of hydrogen-bond acceptors (Lipinski definition) is 8. The van der Waals surface area contributed by atoms with E-state index in [9.17, 15) is 9.59 Å². The highest BCUT2D eigenvalue weighted by molar-refractivity contribution is 5.69. The van der Waals surface area contributed by atoms with Crippen LogP contribution in [0.2, 0.25) is 0 Å². The molecule has 0 aromatic carbocycles. The molecule has 0 radical (unpaired) electrons. The molecule has 0 heterocycles. The first-order valence-electron chi connectivity index (χ1n) is 8.43. The molecule has 0 bridgehead atoms. The Morgan fingerprint density at radius 1 is 0.680 bits per heavy atom. The predicted octanol–water partition coefficient (Wildman–Crippen LogP) is 0.497. The molecule has 0 aliphatic carbocycles. The van der Waals surface area contributed by atoms with Crippen molar-refractivity contribution in [3.05, 3.63) is 0 Å². The van der Waals surface area contributed by atoms with Crippen LogP contribution in [-0.4, -0.2) is 89.7 Å². The molecule has 0 aliphatic heterocycles. The van der Waals surface area contributed by atoms with Crippen LogP contribution in [0.15, 0.2) is 0 Å². The Morgan fingerprint density at radius 3 is 1.48 bits per heavy atom. The van der Waals surface area contributed by atoms with Crippen molar-refractivity contribution in [2.24, 2.45) is 0 Å². The van der Waals surface area contributed by atoms with Gasteiger partial charge in [0.25, 0.3) is 0 Å². The number of ether oxygens (including phenoxy) is 6. The molecule has 0 saturated carbocycles. The van der Waals surface area contributed by atoms with Gasteiger partial charge in [-0.2, -0.15) is 0 Å². The molecule has 0 saturated heterocycles. The molecule has 0 fully saturated rings. The maximum atomic E-state index is 11.1. The first-order valence-corrected chi connectivity index (χ1v) is 8.43. The minimum absolute atomic E-state index is 0.198. The van der Waals surface area contributed by atoms with E-state index in [1.165, 1.54) is 0 Å². The molecule has 0 rings (SSSR count). The van der Waals surface area contributed by atoms with Crippen LogP contribution < -0.4 is 0 Å². The van der Waals surface area contributed by atoms with Gasteiger partial charge in [0, 0.05) is 6.42 Å². The Hall–Kier alpha value is -1.26. The highest BCUT2D eigenvalue weighted by Crippen LogP contribution is 1.91. The van der Waals surface area contributed by atoms with Crippen molar-refractivity contribution in [1.29, 1.82) is 0 Å². The standard InChI is InChI=1S/C16H30O9/c1-2-3-16(19)25-13-12-23-9-8-21-5-4-20-6-7-22-10-11-24-14-15(17)18/h2-14H2,1H3,(H,17,18). The number of hydrogen-bond donors (Lipinski definition) is 1. The van der Waals surface area contributed by atoms with Crippen molar-refractivity contribution in [1.82, 2.24) is 0 Å². The molecule has 0 amide bonds. The van der Waals surface area contributed by atoms with E-state index in [0.717, 1.165) is 6.42 Å². The summed E-state index contributed by atoms with van der Waals surface area (Å²) in [5, 5.41) is 8.34. The molecule has 0 unspecified atom stereocenters. The van der Waals surface area contributed by atoms with Crippen LogP contribution in [-0.2, 0) is 38.0 Å². The molecule has 0 aliphatic rings. The quantitative estimate of drug-likeness (QED) is 0.258.